The Bertz CT molecular complexity index is 1290. The summed E-state index contributed by atoms with van der Waals surface area (Å²) in [6.45, 7) is 3.76. The summed E-state index contributed by atoms with van der Waals surface area (Å²) in [5, 5.41) is 2.70. The second-order valence-electron chi connectivity index (χ2n) is 8.26. The number of rotatable bonds is 5. The van der Waals surface area contributed by atoms with E-state index in [1.165, 1.54) is 4.90 Å². The molecule has 1 N–H and O–H groups in total. The normalized spacial score (nSPS) is 13.6. The summed E-state index contributed by atoms with van der Waals surface area (Å²) < 4.78 is 58.1. The van der Waals surface area contributed by atoms with Crippen LogP contribution < -0.4 is 15.0 Å². The average Bonchev–Trinajstić information content (AvgIpc) is 2.79. The first kappa shape index (κ1) is 24.2. The van der Waals surface area contributed by atoms with E-state index in [2.05, 4.69) is 10.3 Å². The third kappa shape index (κ3) is 5.11. The van der Waals surface area contributed by atoms with Crippen LogP contribution in [0.1, 0.15) is 35.3 Å². The molecular weight excluding hydrogens is 466 g/mol. The number of halogens is 4. The van der Waals surface area contributed by atoms with E-state index < -0.39 is 17.6 Å². The number of aromatic nitrogens is 1. The topological polar surface area (TPSA) is 71.5 Å². The van der Waals surface area contributed by atoms with Gasteiger partial charge in [-0.3, -0.25) is 14.5 Å². The molecular formula is C25H21F4N3O3. The number of hydrogen-bond acceptors (Lipinski definition) is 4. The first-order valence-electron chi connectivity index (χ1n) is 10.8. The maximum atomic E-state index is 14.0. The van der Waals surface area contributed by atoms with Crippen LogP contribution >= 0.6 is 0 Å². The van der Waals surface area contributed by atoms with Gasteiger partial charge in [0.1, 0.15) is 29.0 Å². The standard InChI is InChI=1S/C25H21F4N3O3/c1-14(2)23(33)31-21-7-4-8-22(30-21)32-12-11-16-17(24(32)34)5-3-6-20(16)35-15-9-10-18(19(26)13-15)25(27,28)29/h3-10,13-14H,11-12H2,1-2H3,(H,30,31,33). The molecule has 2 heterocycles. The van der Waals surface area contributed by atoms with Gasteiger partial charge in [-0.05, 0) is 42.8 Å². The fourth-order valence-electron chi connectivity index (χ4n) is 3.64. The molecule has 0 unspecified atom stereocenters. The van der Waals surface area contributed by atoms with E-state index in [1.54, 1.807) is 50.2 Å². The summed E-state index contributed by atoms with van der Waals surface area (Å²) in [7, 11) is 0. The highest BCUT2D eigenvalue weighted by molar-refractivity contribution is 6.08. The van der Waals surface area contributed by atoms with E-state index in [1.807, 2.05) is 0 Å². The Morgan fingerprint density at radius 2 is 1.86 bits per heavy atom. The summed E-state index contributed by atoms with van der Waals surface area (Å²) in [5.41, 5.74) is -0.497. The SMILES string of the molecule is CC(C)C(=O)Nc1cccc(N2CCc3c(Oc4ccc(C(F)(F)F)c(F)c4)cccc3C2=O)n1. The predicted octanol–water partition coefficient (Wildman–Crippen LogP) is 5.83. The van der Waals surface area contributed by atoms with Crippen molar-refractivity contribution < 1.29 is 31.9 Å². The molecule has 0 aliphatic carbocycles. The van der Waals surface area contributed by atoms with Crippen LogP contribution in [-0.4, -0.2) is 23.3 Å². The average molecular weight is 487 g/mol. The Labute approximate surface area is 198 Å². The lowest BCUT2D eigenvalue weighted by Crippen LogP contribution is -2.38. The lowest BCUT2D eigenvalue weighted by atomic mass is 9.98. The molecule has 35 heavy (non-hydrogen) atoms. The zero-order valence-electron chi connectivity index (χ0n) is 18.8. The van der Waals surface area contributed by atoms with E-state index in [4.69, 9.17) is 4.74 Å². The van der Waals surface area contributed by atoms with Crippen LogP contribution in [0.25, 0.3) is 0 Å². The van der Waals surface area contributed by atoms with Crippen LogP contribution in [0, 0.1) is 11.7 Å². The lowest BCUT2D eigenvalue weighted by Gasteiger charge is -2.29. The molecule has 0 radical (unpaired) electrons. The van der Waals surface area contributed by atoms with Crippen LogP contribution in [0.15, 0.2) is 54.6 Å². The molecule has 2 amide bonds. The Kier molecular flexibility index (Phi) is 6.47. The van der Waals surface area contributed by atoms with Gasteiger partial charge >= 0.3 is 6.18 Å². The molecule has 0 fully saturated rings. The maximum absolute atomic E-state index is 14.0. The quantitative estimate of drug-likeness (QED) is 0.460. The van der Waals surface area contributed by atoms with Gasteiger partial charge in [0.15, 0.2) is 0 Å². The van der Waals surface area contributed by atoms with Crippen molar-refractivity contribution in [2.24, 2.45) is 5.92 Å². The van der Waals surface area contributed by atoms with Gasteiger partial charge in [0.05, 0.1) is 5.56 Å². The molecule has 3 aromatic rings. The minimum atomic E-state index is -4.81. The van der Waals surface area contributed by atoms with Gasteiger partial charge < -0.3 is 10.1 Å². The zero-order chi connectivity index (χ0) is 25.3. The number of hydrogen-bond donors (Lipinski definition) is 1. The summed E-state index contributed by atoms with van der Waals surface area (Å²) >= 11 is 0. The third-order valence-electron chi connectivity index (χ3n) is 5.45. The number of anilines is 2. The van der Waals surface area contributed by atoms with Gasteiger partial charge in [-0.25, -0.2) is 9.37 Å². The lowest BCUT2D eigenvalue weighted by molar-refractivity contribution is -0.140. The Hall–Kier alpha value is -3.95. The molecule has 1 aromatic heterocycles. The molecule has 0 saturated heterocycles. The molecule has 1 aliphatic rings. The zero-order valence-corrected chi connectivity index (χ0v) is 18.8. The monoisotopic (exact) mass is 487 g/mol. The van der Waals surface area contributed by atoms with Gasteiger partial charge in [0.2, 0.25) is 5.91 Å². The first-order chi connectivity index (χ1) is 16.5. The van der Waals surface area contributed by atoms with Gasteiger partial charge in [-0.15, -0.1) is 0 Å². The van der Waals surface area contributed by atoms with Crippen molar-refractivity contribution in [3.63, 3.8) is 0 Å². The van der Waals surface area contributed by atoms with Gasteiger partial charge in [0, 0.05) is 29.7 Å². The van der Waals surface area contributed by atoms with Crippen LogP contribution in [0.5, 0.6) is 11.5 Å². The van der Waals surface area contributed by atoms with Gasteiger partial charge in [0.25, 0.3) is 5.91 Å². The largest absolute Gasteiger partial charge is 0.457 e. The highest BCUT2D eigenvalue weighted by atomic mass is 19.4. The number of amides is 2. The molecule has 1 aliphatic heterocycles. The van der Waals surface area contributed by atoms with Crippen molar-refractivity contribution in [1.29, 1.82) is 0 Å². The number of fused-ring (bicyclic) bond motifs is 1. The minimum Gasteiger partial charge on any atom is -0.457 e. The number of ether oxygens (including phenoxy) is 1. The highest BCUT2D eigenvalue weighted by Gasteiger charge is 2.34. The van der Waals surface area contributed by atoms with Crippen LogP contribution in [-0.2, 0) is 17.4 Å². The minimum absolute atomic E-state index is 0.117. The van der Waals surface area contributed by atoms with E-state index >= 15 is 0 Å². The molecule has 10 heteroatoms. The first-order valence-corrected chi connectivity index (χ1v) is 10.8. The number of carbonyl (C=O) groups excluding carboxylic acids is 2. The van der Waals surface area contributed by atoms with Crippen molar-refractivity contribution in [2.45, 2.75) is 26.4 Å². The fraction of sp³-hybridized carbons (Fsp3) is 0.240. The van der Waals surface area contributed by atoms with Crippen LogP contribution in [0.3, 0.4) is 0 Å². The van der Waals surface area contributed by atoms with E-state index in [-0.39, 0.29) is 35.8 Å². The second kappa shape index (κ2) is 9.36. The van der Waals surface area contributed by atoms with Crippen molar-refractivity contribution in [3.8, 4) is 11.5 Å². The van der Waals surface area contributed by atoms with E-state index in [0.717, 1.165) is 6.07 Å². The Morgan fingerprint density at radius 1 is 1.11 bits per heavy atom. The molecule has 2 aromatic carbocycles. The summed E-state index contributed by atoms with van der Waals surface area (Å²) in [4.78, 5) is 31.1. The highest BCUT2D eigenvalue weighted by Crippen LogP contribution is 2.36. The van der Waals surface area contributed by atoms with Crippen molar-refractivity contribution in [3.05, 3.63) is 77.1 Å². The number of alkyl halides is 3. The predicted molar refractivity (Wildman–Crippen MR) is 121 cm³/mol. The van der Waals surface area contributed by atoms with Crippen molar-refractivity contribution in [2.75, 3.05) is 16.8 Å². The number of nitrogens with one attached hydrogen (secondary N) is 1. The number of carbonyl (C=O) groups is 2. The second-order valence-corrected chi connectivity index (χ2v) is 8.26. The molecule has 182 valence electrons. The number of pyridine rings is 1. The third-order valence-corrected chi connectivity index (χ3v) is 5.45. The smallest absolute Gasteiger partial charge is 0.419 e. The fourth-order valence-corrected chi connectivity index (χ4v) is 3.64. The molecule has 0 atom stereocenters. The van der Waals surface area contributed by atoms with Crippen LogP contribution in [0.2, 0.25) is 0 Å². The molecule has 0 spiro atoms. The maximum Gasteiger partial charge on any atom is 0.419 e. The molecule has 0 bridgehead atoms. The summed E-state index contributed by atoms with van der Waals surface area (Å²) in [6, 6.07) is 12.0. The Morgan fingerprint density at radius 3 is 2.54 bits per heavy atom. The van der Waals surface area contributed by atoms with E-state index in [0.29, 0.717) is 41.3 Å². The summed E-state index contributed by atoms with van der Waals surface area (Å²) in [6.07, 6.45) is -4.45. The van der Waals surface area contributed by atoms with Crippen molar-refractivity contribution >= 4 is 23.5 Å². The summed E-state index contributed by atoms with van der Waals surface area (Å²) in [5.74, 6) is -1.42. The number of nitrogens with zero attached hydrogens (tertiary/aromatic N) is 2. The molecule has 6 nitrogen and oxygen atoms in total. The molecule has 0 saturated carbocycles. The molecule has 4 rings (SSSR count). The van der Waals surface area contributed by atoms with E-state index in [9.17, 15) is 27.2 Å². The number of benzene rings is 2. The van der Waals surface area contributed by atoms with Gasteiger partial charge in [-0.1, -0.05) is 26.0 Å². The van der Waals surface area contributed by atoms with Gasteiger partial charge in [-0.2, -0.15) is 13.2 Å². The Balaban J connectivity index is 1.58. The van der Waals surface area contributed by atoms with Crippen molar-refractivity contribution in [1.82, 2.24) is 4.98 Å². The van der Waals surface area contributed by atoms with Crippen LogP contribution in [0.4, 0.5) is 29.2 Å².